The Bertz CT molecular complexity index is 1050. The van der Waals surface area contributed by atoms with Gasteiger partial charge in [0.15, 0.2) is 6.61 Å². The van der Waals surface area contributed by atoms with Crippen molar-refractivity contribution in [2.24, 2.45) is 4.99 Å². The van der Waals surface area contributed by atoms with Crippen LogP contribution in [-0.2, 0) is 16.0 Å². The summed E-state index contributed by atoms with van der Waals surface area (Å²) >= 11 is 11.6. The maximum Gasteiger partial charge on any atom is 0.266 e. The number of benzene rings is 2. The smallest absolute Gasteiger partial charge is 0.266 e. The number of hydrogen-bond donors (Lipinski definition) is 1. The second-order valence-corrected chi connectivity index (χ2v) is 8.35. The van der Waals surface area contributed by atoms with Gasteiger partial charge in [-0.1, -0.05) is 23.2 Å². The molecule has 2 aliphatic heterocycles. The Labute approximate surface area is 189 Å². The van der Waals surface area contributed by atoms with E-state index in [0.29, 0.717) is 43.1 Å². The number of nitrogens with one attached hydrogen (secondary N) is 1. The first kappa shape index (κ1) is 21.6. The van der Waals surface area contributed by atoms with Gasteiger partial charge in [0.25, 0.3) is 11.8 Å². The minimum atomic E-state index is -0.596. The molecule has 0 bridgehead atoms. The van der Waals surface area contributed by atoms with Crippen molar-refractivity contribution in [1.82, 2.24) is 10.2 Å². The normalized spacial score (nSPS) is 16.0. The Balaban J connectivity index is 1.23. The molecule has 0 atom stereocenters. The second-order valence-electron chi connectivity index (χ2n) is 7.50. The Morgan fingerprint density at radius 2 is 1.94 bits per heavy atom. The number of aliphatic imine (C=N–C) groups is 1. The highest BCUT2D eigenvalue weighted by Crippen LogP contribution is 2.29. The van der Waals surface area contributed by atoms with Gasteiger partial charge in [-0.2, -0.15) is 0 Å². The summed E-state index contributed by atoms with van der Waals surface area (Å²) in [6.07, 6.45) is 1.74. The average Bonchev–Trinajstić information content (AvgIpc) is 3.18. The lowest BCUT2D eigenvalue weighted by Gasteiger charge is -2.32. The van der Waals surface area contributed by atoms with Crippen LogP contribution in [0.15, 0.2) is 41.4 Å². The largest absolute Gasteiger partial charge is 0.484 e. The van der Waals surface area contributed by atoms with E-state index in [1.54, 1.807) is 11.0 Å². The molecule has 1 fully saturated rings. The third kappa shape index (κ3) is 5.17. The predicted molar refractivity (Wildman–Crippen MR) is 117 cm³/mol. The van der Waals surface area contributed by atoms with Gasteiger partial charge in [-0.25, -0.2) is 9.38 Å². The maximum atomic E-state index is 13.5. The summed E-state index contributed by atoms with van der Waals surface area (Å²) in [6, 6.07) is 9.40. The van der Waals surface area contributed by atoms with Crippen LogP contribution >= 0.6 is 23.2 Å². The Morgan fingerprint density at radius 3 is 2.68 bits per heavy atom. The summed E-state index contributed by atoms with van der Waals surface area (Å²) in [4.78, 5) is 31.0. The third-order valence-corrected chi connectivity index (χ3v) is 5.89. The van der Waals surface area contributed by atoms with Crippen LogP contribution in [0.1, 0.15) is 18.4 Å². The second kappa shape index (κ2) is 9.24. The third-order valence-electron chi connectivity index (χ3n) is 5.35. The minimum absolute atomic E-state index is 0.000888. The van der Waals surface area contributed by atoms with Gasteiger partial charge < -0.3 is 15.0 Å². The van der Waals surface area contributed by atoms with Gasteiger partial charge in [0.1, 0.15) is 17.3 Å². The molecular formula is C22H20Cl2FN3O3. The number of fused-ring (bicyclic) bond motifs is 1. The summed E-state index contributed by atoms with van der Waals surface area (Å²) in [7, 11) is 0. The summed E-state index contributed by atoms with van der Waals surface area (Å²) in [6.45, 7) is 0.824. The monoisotopic (exact) mass is 463 g/mol. The van der Waals surface area contributed by atoms with E-state index in [2.05, 4.69) is 10.3 Å². The number of carbonyl (C=O) groups excluding carboxylic acids is 2. The average molecular weight is 464 g/mol. The fourth-order valence-corrected chi connectivity index (χ4v) is 3.96. The number of amides is 2. The van der Waals surface area contributed by atoms with E-state index in [-0.39, 0.29) is 35.2 Å². The highest BCUT2D eigenvalue weighted by Gasteiger charge is 2.27. The van der Waals surface area contributed by atoms with E-state index < -0.39 is 5.82 Å². The van der Waals surface area contributed by atoms with Gasteiger partial charge >= 0.3 is 0 Å². The highest BCUT2D eigenvalue weighted by atomic mass is 35.5. The molecule has 2 aromatic carbocycles. The van der Waals surface area contributed by atoms with Crippen LogP contribution in [0, 0.1) is 5.82 Å². The van der Waals surface area contributed by atoms with E-state index in [0.717, 1.165) is 17.3 Å². The number of carbonyl (C=O) groups is 2. The van der Waals surface area contributed by atoms with Gasteiger partial charge in [0, 0.05) is 36.6 Å². The van der Waals surface area contributed by atoms with E-state index >= 15 is 0 Å². The highest BCUT2D eigenvalue weighted by molar-refractivity contribution is 6.41. The quantitative estimate of drug-likeness (QED) is 0.729. The molecule has 0 spiro atoms. The van der Waals surface area contributed by atoms with E-state index in [1.807, 2.05) is 12.1 Å². The Hall–Kier alpha value is -2.64. The van der Waals surface area contributed by atoms with E-state index in [1.165, 1.54) is 12.1 Å². The molecule has 2 aromatic rings. The molecule has 1 N–H and O–H groups in total. The zero-order chi connectivity index (χ0) is 22.0. The first-order valence-corrected chi connectivity index (χ1v) is 10.7. The van der Waals surface area contributed by atoms with Crippen LogP contribution < -0.4 is 10.1 Å². The molecule has 2 amide bonds. The predicted octanol–water partition coefficient (Wildman–Crippen LogP) is 3.95. The fraction of sp³-hybridized carbons (Fsp3) is 0.318. The molecule has 0 saturated carbocycles. The number of likely N-dealkylation sites (tertiary alicyclic amines) is 1. The van der Waals surface area contributed by atoms with Crippen LogP contribution in [0.25, 0.3) is 0 Å². The maximum absolute atomic E-state index is 13.5. The van der Waals surface area contributed by atoms with Crippen molar-refractivity contribution < 1.29 is 18.7 Å². The number of hydrogen-bond acceptors (Lipinski definition) is 4. The van der Waals surface area contributed by atoms with Gasteiger partial charge in [-0.05, 0) is 48.7 Å². The summed E-state index contributed by atoms with van der Waals surface area (Å²) in [5.74, 6) is -0.726. The van der Waals surface area contributed by atoms with E-state index in [9.17, 15) is 14.0 Å². The molecule has 4 rings (SSSR count). The number of piperidine rings is 1. The molecule has 0 aliphatic carbocycles. The molecule has 31 heavy (non-hydrogen) atoms. The summed E-state index contributed by atoms with van der Waals surface area (Å²) in [5.41, 5.74) is 2.19. The molecule has 2 aliphatic rings. The zero-order valence-corrected chi connectivity index (χ0v) is 18.0. The Morgan fingerprint density at radius 1 is 1.16 bits per heavy atom. The van der Waals surface area contributed by atoms with Crippen molar-refractivity contribution >= 4 is 46.4 Å². The molecule has 2 heterocycles. The standard InChI is InChI=1S/C22H20Cl2FN3O3/c23-14-1-4-19-13(9-14)10-20(27-19)22(30)26-15-5-7-28(8-6-15)21(29)12-31-16-2-3-17(24)18(25)11-16/h1-4,9,11,15H,5-8,10,12H2,(H,26,30). The molecule has 0 unspecified atom stereocenters. The lowest BCUT2D eigenvalue weighted by atomic mass is 10.0. The topological polar surface area (TPSA) is 71.0 Å². The molecular weight excluding hydrogens is 444 g/mol. The fourth-order valence-electron chi connectivity index (χ4n) is 3.65. The van der Waals surface area contributed by atoms with Crippen LogP contribution in [0.5, 0.6) is 5.75 Å². The molecule has 162 valence electrons. The summed E-state index contributed by atoms with van der Waals surface area (Å²) < 4.78 is 18.8. The van der Waals surface area contributed by atoms with Crippen LogP contribution in [0.4, 0.5) is 10.1 Å². The number of ether oxygens (including phenoxy) is 1. The van der Waals surface area contributed by atoms with Crippen LogP contribution in [0.3, 0.4) is 0 Å². The number of rotatable bonds is 5. The van der Waals surface area contributed by atoms with Crippen molar-refractivity contribution in [3.8, 4) is 5.75 Å². The van der Waals surface area contributed by atoms with Crippen molar-refractivity contribution in [3.63, 3.8) is 0 Å². The van der Waals surface area contributed by atoms with Gasteiger partial charge in [0.05, 0.1) is 10.7 Å². The van der Waals surface area contributed by atoms with Crippen molar-refractivity contribution in [2.75, 3.05) is 19.7 Å². The van der Waals surface area contributed by atoms with Crippen molar-refractivity contribution in [1.29, 1.82) is 0 Å². The van der Waals surface area contributed by atoms with Gasteiger partial charge in [-0.3, -0.25) is 9.59 Å². The molecule has 9 heteroatoms. The zero-order valence-electron chi connectivity index (χ0n) is 16.5. The molecule has 0 aromatic heterocycles. The van der Waals surface area contributed by atoms with Gasteiger partial charge in [-0.15, -0.1) is 0 Å². The minimum Gasteiger partial charge on any atom is -0.484 e. The first-order chi connectivity index (χ1) is 14.9. The van der Waals surface area contributed by atoms with Gasteiger partial charge in [0.2, 0.25) is 0 Å². The molecule has 1 saturated heterocycles. The van der Waals surface area contributed by atoms with Crippen molar-refractivity contribution in [2.45, 2.75) is 25.3 Å². The molecule has 6 nitrogen and oxygen atoms in total. The lowest BCUT2D eigenvalue weighted by Crippen LogP contribution is -2.49. The van der Waals surface area contributed by atoms with Crippen LogP contribution in [0.2, 0.25) is 10.0 Å². The van der Waals surface area contributed by atoms with Crippen molar-refractivity contribution in [3.05, 3.63) is 57.8 Å². The number of nitrogens with zero attached hydrogens (tertiary/aromatic N) is 2. The van der Waals surface area contributed by atoms with E-state index in [4.69, 9.17) is 27.9 Å². The molecule has 0 radical (unpaired) electrons. The Kier molecular flexibility index (Phi) is 6.43. The number of halogens is 3. The first-order valence-electron chi connectivity index (χ1n) is 9.91. The van der Waals surface area contributed by atoms with Crippen LogP contribution in [-0.4, -0.2) is 48.2 Å². The summed E-state index contributed by atoms with van der Waals surface area (Å²) in [5, 5.41) is 3.64. The SMILES string of the molecule is O=C(NC1CCN(C(=O)COc2ccc(Cl)c(F)c2)CC1)C1=Nc2ccc(Cl)cc2C1. The lowest BCUT2D eigenvalue weighted by molar-refractivity contribution is -0.134.